The quantitative estimate of drug-likeness (QED) is 0.750. The second kappa shape index (κ2) is 5.81. The smallest absolute Gasteiger partial charge is 0.326 e. The Morgan fingerprint density at radius 2 is 2.00 bits per heavy atom. The van der Waals surface area contributed by atoms with Gasteiger partial charge in [0, 0.05) is 36.6 Å². The van der Waals surface area contributed by atoms with Gasteiger partial charge in [-0.15, -0.1) is 0 Å². The predicted molar refractivity (Wildman–Crippen MR) is 76.9 cm³/mol. The lowest BCUT2D eigenvalue weighted by Crippen LogP contribution is -2.49. The van der Waals surface area contributed by atoms with Crippen LogP contribution in [0, 0.1) is 0 Å². The summed E-state index contributed by atoms with van der Waals surface area (Å²) in [7, 11) is 0. The molecule has 0 aromatic carbocycles. The van der Waals surface area contributed by atoms with E-state index < -0.39 is 18.1 Å². The van der Waals surface area contributed by atoms with Gasteiger partial charge in [0.1, 0.15) is 6.04 Å². The molecular weight excluding hydrogens is 280 g/mol. The number of carbonyl (C=O) groups is 2. The maximum absolute atomic E-state index is 12.5. The third kappa shape index (κ3) is 3.38. The highest BCUT2D eigenvalue weighted by Crippen LogP contribution is 2.31. The van der Waals surface area contributed by atoms with E-state index >= 15 is 0 Å². The zero-order valence-corrected chi connectivity index (χ0v) is 12.7. The van der Waals surface area contributed by atoms with Crippen LogP contribution in [-0.4, -0.2) is 74.3 Å². The average molecular weight is 302 g/mol. The topological polar surface area (TPSA) is 81.1 Å². The highest BCUT2D eigenvalue weighted by molar-refractivity contribution is 8.00. The molecule has 2 aliphatic heterocycles. The molecule has 0 spiro atoms. The first-order chi connectivity index (χ1) is 9.30. The van der Waals surface area contributed by atoms with Crippen LogP contribution < -0.4 is 0 Å². The highest BCUT2D eigenvalue weighted by Gasteiger charge is 2.41. The zero-order valence-electron chi connectivity index (χ0n) is 11.9. The standard InChI is InChI=1S/C13H22N2O4S/c1-13(2)3-4-14(5-6-20-13)12(19)15-8-9(16)7-10(15)11(17)18/h9-10,16H,3-8H2,1-2H3,(H,17,18)/t9-,10-/m0/s1. The van der Waals surface area contributed by atoms with Gasteiger partial charge in [-0.3, -0.25) is 0 Å². The fourth-order valence-corrected chi connectivity index (χ4v) is 3.75. The SMILES string of the molecule is CC1(C)CCN(C(=O)N2C[C@@H](O)C[C@H]2C(=O)O)CCS1. The third-order valence-corrected chi connectivity index (χ3v) is 5.29. The Kier molecular flexibility index (Phi) is 4.49. The van der Waals surface area contributed by atoms with Gasteiger partial charge < -0.3 is 20.0 Å². The molecule has 0 unspecified atom stereocenters. The summed E-state index contributed by atoms with van der Waals surface area (Å²) in [5, 5.41) is 18.8. The van der Waals surface area contributed by atoms with E-state index in [0.717, 1.165) is 12.2 Å². The van der Waals surface area contributed by atoms with Crippen LogP contribution in [0.2, 0.25) is 0 Å². The van der Waals surface area contributed by atoms with Crippen LogP contribution in [0.15, 0.2) is 0 Å². The van der Waals surface area contributed by atoms with Gasteiger partial charge in [-0.05, 0) is 6.42 Å². The Hall–Kier alpha value is -0.950. The van der Waals surface area contributed by atoms with Crippen molar-refractivity contribution in [1.82, 2.24) is 9.80 Å². The first-order valence-corrected chi connectivity index (χ1v) is 7.89. The summed E-state index contributed by atoms with van der Waals surface area (Å²) in [4.78, 5) is 26.7. The summed E-state index contributed by atoms with van der Waals surface area (Å²) in [6.07, 6.45) is 0.269. The largest absolute Gasteiger partial charge is 0.480 e. The molecule has 20 heavy (non-hydrogen) atoms. The number of amides is 2. The molecule has 0 radical (unpaired) electrons. The first kappa shape index (κ1) is 15.4. The number of rotatable bonds is 1. The summed E-state index contributed by atoms with van der Waals surface area (Å²) >= 11 is 1.83. The normalized spacial score (nSPS) is 30.1. The Morgan fingerprint density at radius 3 is 2.65 bits per heavy atom. The predicted octanol–water partition coefficient (Wildman–Crippen LogP) is 0.844. The number of β-amino-alcohol motifs (C(OH)–C–C–N with tert-alkyl or cyclic N) is 1. The van der Waals surface area contributed by atoms with Crippen molar-refractivity contribution in [2.45, 2.75) is 43.6 Å². The Balaban J connectivity index is 2.05. The lowest BCUT2D eigenvalue weighted by atomic mass is 10.1. The monoisotopic (exact) mass is 302 g/mol. The van der Waals surface area contributed by atoms with Crippen molar-refractivity contribution in [3.63, 3.8) is 0 Å². The summed E-state index contributed by atoms with van der Waals surface area (Å²) in [5.74, 6) is -0.188. The van der Waals surface area contributed by atoms with Gasteiger partial charge in [-0.2, -0.15) is 11.8 Å². The number of carbonyl (C=O) groups excluding carboxylic acids is 1. The first-order valence-electron chi connectivity index (χ1n) is 6.90. The lowest BCUT2D eigenvalue weighted by molar-refractivity contribution is -0.141. The van der Waals surface area contributed by atoms with Crippen molar-refractivity contribution < 1.29 is 19.8 Å². The Labute approximate surface area is 123 Å². The molecule has 2 N–H and O–H groups in total. The summed E-state index contributed by atoms with van der Waals surface area (Å²) in [6, 6.07) is -1.16. The minimum atomic E-state index is -1.04. The van der Waals surface area contributed by atoms with Crippen molar-refractivity contribution in [2.75, 3.05) is 25.4 Å². The number of urea groups is 1. The molecule has 2 atom stereocenters. The van der Waals surface area contributed by atoms with E-state index in [1.807, 2.05) is 11.8 Å². The van der Waals surface area contributed by atoms with E-state index in [9.17, 15) is 14.7 Å². The Bertz CT molecular complexity index is 402. The molecule has 0 saturated carbocycles. The lowest BCUT2D eigenvalue weighted by Gasteiger charge is -2.29. The Morgan fingerprint density at radius 1 is 1.30 bits per heavy atom. The van der Waals surface area contributed by atoms with Crippen LogP contribution in [0.3, 0.4) is 0 Å². The number of carboxylic acids is 1. The molecule has 114 valence electrons. The van der Waals surface area contributed by atoms with Gasteiger partial charge in [-0.25, -0.2) is 9.59 Å². The van der Waals surface area contributed by atoms with Crippen LogP contribution >= 0.6 is 11.8 Å². The molecule has 0 aromatic rings. The second-order valence-corrected chi connectivity index (χ2v) is 7.83. The molecule has 7 heteroatoms. The molecule has 0 aromatic heterocycles. The third-order valence-electron chi connectivity index (χ3n) is 3.92. The summed E-state index contributed by atoms with van der Waals surface area (Å²) in [5.41, 5.74) is 0. The zero-order chi connectivity index (χ0) is 14.9. The highest BCUT2D eigenvalue weighted by atomic mass is 32.2. The van der Waals surface area contributed by atoms with Crippen LogP contribution in [0.4, 0.5) is 4.79 Å². The minimum Gasteiger partial charge on any atom is -0.480 e. The van der Waals surface area contributed by atoms with E-state index in [-0.39, 0.29) is 23.7 Å². The van der Waals surface area contributed by atoms with Crippen molar-refractivity contribution in [1.29, 1.82) is 0 Å². The average Bonchev–Trinajstić information content (AvgIpc) is 2.65. The van der Waals surface area contributed by atoms with Gasteiger partial charge in [0.15, 0.2) is 0 Å². The van der Waals surface area contributed by atoms with Crippen LogP contribution in [-0.2, 0) is 4.79 Å². The van der Waals surface area contributed by atoms with Crippen LogP contribution in [0.1, 0.15) is 26.7 Å². The number of likely N-dealkylation sites (tertiary alicyclic amines) is 1. The van der Waals surface area contributed by atoms with Gasteiger partial charge in [-0.1, -0.05) is 13.8 Å². The number of thioether (sulfide) groups is 1. The van der Waals surface area contributed by atoms with E-state index in [4.69, 9.17) is 5.11 Å². The maximum atomic E-state index is 12.5. The molecule has 0 bridgehead atoms. The van der Waals surface area contributed by atoms with E-state index in [2.05, 4.69) is 13.8 Å². The van der Waals surface area contributed by atoms with Crippen molar-refractivity contribution in [3.05, 3.63) is 0 Å². The number of carboxylic acid groups (broad SMARTS) is 1. The number of nitrogens with zero attached hydrogens (tertiary/aromatic N) is 2. The molecule has 0 aliphatic carbocycles. The molecule has 2 rings (SSSR count). The fraction of sp³-hybridized carbons (Fsp3) is 0.846. The van der Waals surface area contributed by atoms with Crippen molar-refractivity contribution in [3.8, 4) is 0 Å². The number of aliphatic hydroxyl groups is 1. The van der Waals surface area contributed by atoms with E-state index in [0.29, 0.717) is 13.1 Å². The van der Waals surface area contributed by atoms with Gasteiger partial charge in [0.05, 0.1) is 6.10 Å². The molecule has 2 aliphatic rings. The molecular formula is C13H22N2O4S. The van der Waals surface area contributed by atoms with Gasteiger partial charge in [0.25, 0.3) is 0 Å². The van der Waals surface area contributed by atoms with Crippen molar-refractivity contribution in [2.24, 2.45) is 0 Å². The summed E-state index contributed by atoms with van der Waals surface area (Å²) < 4.78 is 0.145. The molecule has 2 fully saturated rings. The second-order valence-electron chi connectivity index (χ2n) is 6.02. The van der Waals surface area contributed by atoms with E-state index in [1.165, 1.54) is 4.90 Å². The maximum Gasteiger partial charge on any atom is 0.326 e. The van der Waals surface area contributed by atoms with Crippen molar-refractivity contribution >= 4 is 23.8 Å². The minimum absolute atomic E-state index is 0.114. The van der Waals surface area contributed by atoms with E-state index in [1.54, 1.807) is 4.90 Å². The van der Waals surface area contributed by atoms with Gasteiger partial charge >= 0.3 is 12.0 Å². The number of aliphatic hydroxyl groups excluding tert-OH is 1. The fourth-order valence-electron chi connectivity index (χ4n) is 2.65. The number of aliphatic carboxylic acids is 1. The summed E-state index contributed by atoms with van der Waals surface area (Å²) in [6.45, 7) is 5.70. The van der Waals surface area contributed by atoms with Gasteiger partial charge in [0.2, 0.25) is 0 Å². The van der Waals surface area contributed by atoms with Crippen LogP contribution in [0.5, 0.6) is 0 Å². The van der Waals surface area contributed by atoms with Crippen LogP contribution in [0.25, 0.3) is 0 Å². The molecule has 2 saturated heterocycles. The molecule has 2 heterocycles. The molecule has 6 nitrogen and oxygen atoms in total. The number of hydrogen-bond donors (Lipinski definition) is 2. The number of hydrogen-bond acceptors (Lipinski definition) is 4. The molecule has 2 amide bonds.